The highest BCUT2D eigenvalue weighted by Gasteiger charge is 2.39. The number of hydrogen-bond acceptors (Lipinski definition) is 9. The molecule has 0 saturated carbocycles. The van der Waals surface area contributed by atoms with E-state index in [1.807, 2.05) is 42.4 Å². The maximum absolute atomic E-state index is 13.4. The molecule has 3 aliphatic rings. The number of aromatic nitrogens is 4. The lowest BCUT2D eigenvalue weighted by molar-refractivity contribution is -0.137. The number of aryl methyl sites for hydroxylation is 1. The third-order valence-electron chi connectivity index (χ3n) is 8.00. The van der Waals surface area contributed by atoms with Gasteiger partial charge in [-0.25, -0.2) is 14.8 Å². The smallest absolute Gasteiger partial charge is 0.410 e. The zero-order valence-corrected chi connectivity index (χ0v) is 26.9. The Morgan fingerprint density at radius 2 is 1.91 bits per heavy atom. The molecule has 2 saturated heterocycles. The molecule has 0 aliphatic carbocycles. The molecule has 3 aliphatic heterocycles. The molecular formula is C29H36BrN7O5S. The summed E-state index contributed by atoms with van der Waals surface area (Å²) in [5.41, 5.74) is 0.838. The van der Waals surface area contributed by atoms with Crippen LogP contribution in [-0.2, 0) is 16.1 Å². The second-order valence-corrected chi connectivity index (χ2v) is 14.0. The van der Waals surface area contributed by atoms with Gasteiger partial charge < -0.3 is 28.7 Å². The lowest BCUT2D eigenvalue weighted by atomic mass is 9.93. The van der Waals surface area contributed by atoms with Crippen LogP contribution in [-0.4, -0.2) is 79.4 Å². The Morgan fingerprint density at radius 3 is 2.65 bits per heavy atom. The number of fused-ring (bicyclic) bond motifs is 2. The monoisotopic (exact) mass is 673 g/mol. The number of ether oxygens (including phenoxy) is 3. The van der Waals surface area contributed by atoms with Gasteiger partial charge >= 0.3 is 6.09 Å². The molecule has 6 rings (SSSR count). The molecule has 2 fully saturated rings. The van der Waals surface area contributed by atoms with Gasteiger partial charge in [0.25, 0.3) is 0 Å². The minimum absolute atomic E-state index is 0.0313. The fourth-order valence-corrected chi connectivity index (χ4v) is 7.17. The van der Waals surface area contributed by atoms with Crippen LogP contribution in [0.15, 0.2) is 33.0 Å². The summed E-state index contributed by atoms with van der Waals surface area (Å²) in [6.45, 7) is 8.35. The fraction of sp³-hybridized carbons (Fsp3) is 0.552. The number of carbonyl (C=O) groups excluding carboxylic acids is 2. The summed E-state index contributed by atoms with van der Waals surface area (Å²) in [5, 5.41) is 8.98. The first-order valence-corrected chi connectivity index (χ1v) is 16.2. The van der Waals surface area contributed by atoms with E-state index >= 15 is 0 Å². The van der Waals surface area contributed by atoms with Gasteiger partial charge in [-0.3, -0.25) is 15.1 Å². The van der Waals surface area contributed by atoms with E-state index in [9.17, 15) is 9.59 Å². The summed E-state index contributed by atoms with van der Waals surface area (Å²) >= 11 is 5.04. The first-order valence-electron chi connectivity index (χ1n) is 14.6. The molecule has 14 heteroatoms. The number of amides is 2. The van der Waals surface area contributed by atoms with Crippen LogP contribution in [0.1, 0.15) is 52.9 Å². The van der Waals surface area contributed by atoms with Crippen LogP contribution in [0.4, 0.5) is 4.79 Å². The maximum atomic E-state index is 13.4. The molecule has 12 nitrogen and oxygen atoms in total. The van der Waals surface area contributed by atoms with Gasteiger partial charge in [-0.1, -0.05) is 11.8 Å². The van der Waals surface area contributed by atoms with Crippen molar-refractivity contribution >= 4 is 50.9 Å². The predicted molar refractivity (Wildman–Crippen MR) is 162 cm³/mol. The van der Waals surface area contributed by atoms with Crippen molar-refractivity contribution in [1.29, 1.82) is 5.41 Å². The lowest BCUT2D eigenvalue weighted by Gasteiger charge is -2.36. The van der Waals surface area contributed by atoms with Gasteiger partial charge in [-0.15, -0.1) is 0 Å². The highest BCUT2D eigenvalue weighted by Crippen LogP contribution is 2.42. The van der Waals surface area contributed by atoms with Crippen molar-refractivity contribution in [1.82, 2.24) is 29.3 Å². The molecule has 0 radical (unpaired) electrons. The summed E-state index contributed by atoms with van der Waals surface area (Å²) in [5.74, 6) is 1.87. The topological polar surface area (TPSA) is 139 Å². The number of nitrogens with one attached hydrogen (secondary N) is 2. The quantitative estimate of drug-likeness (QED) is 0.376. The molecule has 1 atom stereocenters. The SMILES string of the molecule is CC(C)(C)OC(=O)N1CCCC1C(=O)N1CCC(CCn2cnc(=N)c3[nH]c(Sc4cc5c(cc4Br)OCO5)nc32)CC1. The Labute approximate surface area is 262 Å². The van der Waals surface area contributed by atoms with E-state index < -0.39 is 17.7 Å². The number of likely N-dealkylation sites (tertiary alicyclic amines) is 2. The average molecular weight is 675 g/mol. The number of nitrogens with zero attached hydrogens (tertiary/aromatic N) is 5. The van der Waals surface area contributed by atoms with E-state index in [4.69, 9.17) is 24.6 Å². The van der Waals surface area contributed by atoms with Gasteiger partial charge in [-0.2, -0.15) is 0 Å². The average Bonchev–Trinajstić information content (AvgIpc) is 3.72. The highest BCUT2D eigenvalue weighted by molar-refractivity contribution is 9.10. The molecule has 0 bridgehead atoms. The van der Waals surface area contributed by atoms with E-state index in [0.29, 0.717) is 66.3 Å². The van der Waals surface area contributed by atoms with Gasteiger partial charge in [0.05, 0.1) is 6.33 Å². The number of rotatable bonds is 6. The second kappa shape index (κ2) is 12.0. The van der Waals surface area contributed by atoms with Crippen LogP contribution in [0.3, 0.4) is 0 Å². The van der Waals surface area contributed by atoms with Crippen LogP contribution < -0.4 is 15.0 Å². The number of benzene rings is 1. The summed E-state index contributed by atoms with van der Waals surface area (Å²) in [4.78, 5) is 42.9. The third-order valence-corrected chi connectivity index (χ3v) is 9.87. The van der Waals surface area contributed by atoms with Gasteiger partial charge in [0.2, 0.25) is 12.7 Å². The number of halogens is 1. The van der Waals surface area contributed by atoms with E-state index in [0.717, 1.165) is 35.1 Å². The van der Waals surface area contributed by atoms with Crippen LogP contribution in [0.25, 0.3) is 11.2 Å². The van der Waals surface area contributed by atoms with E-state index in [2.05, 4.69) is 25.9 Å². The molecule has 43 heavy (non-hydrogen) atoms. The van der Waals surface area contributed by atoms with Crippen molar-refractivity contribution in [3.63, 3.8) is 0 Å². The van der Waals surface area contributed by atoms with E-state index in [1.54, 1.807) is 11.2 Å². The zero-order valence-electron chi connectivity index (χ0n) is 24.5. The summed E-state index contributed by atoms with van der Waals surface area (Å²) < 4.78 is 19.4. The number of hydrogen-bond donors (Lipinski definition) is 2. The number of aromatic amines is 1. The van der Waals surface area contributed by atoms with E-state index in [-0.39, 0.29) is 18.2 Å². The molecule has 2 amide bonds. The summed E-state index contributed by atoms with van der Waals surface area (Å²) in [6.07, 6.45) is 5.48. The van der Waals surface area contributed by atoms with Gasteiger partial charge in [0.15, 0.2) is 27.8 Å². The molecule has 0 spiro atoms. The Balaban J connectivity index is 1.06. The minimum atomic E-state index is -0.591. The molecule has 5 heterocycles. The van der Waals surface area contributed by atoms with Crippen molar-refractivity contribution in [2.45, 2.75) is 81.1 Å². The Morgan fingerprint density at radius 1 is 1.16 bits per heavy atom. The van der Waals surface area contributed by atoms with Crippen molar-refractivity contribution < 1.29 is 23.8 Å². The standard InChI is InChI=1S/C29H36BrN7O5S/c1-29(2,3)42-28(39)37-9-4-5-19(37)26(38)35-10-6-17(7-11-35)8-12-36-15-32-24(31)23-25(36)34-27(33-23)43-22-14-21-20(13-18(22)30)40-16-41-21/h13-15,17,19,31H,4-12,16H2,1-3H3,(H,33,34). The number of piperidine rings is 1. The van der Waals surface area contributed by atoms with Crippen molar-refractivity contribution in [2.75, 3.05) is 26.4 Å². The number of carbonyl (C=O) groups is 2. The molecule has 2 N–H and O–H groups in total. The Bertz CT molecular complexity index is 1590. The van der Waals surface area contributed by atoms with Crippen LogP contribution >= 0.6 is 27.7 Å². The summed E-state index contributed by atoms with van der Waals surface area (Å²) in [7, 11) is 0. The Hall–Kier alpha value is -3.26. The largest absolute Gasteiger partial charge is 0.454 e. The van der Waals surface area contributed by atoms with Crippen LogP contribution in [0, 0.1) is 11.3 Å². The van der Waals surface area contributed by atoms with E-state index in [1.165, 1.54) is 11.8 Å². The molecular weight excluding hydrogens is 638 g/mol. The van der Waals surface area contributed by atoms with Gasteiger partial charge in [0, 0.05) is 35.5 Å². The van der Waals surface area contributed by atoms with Gasteiger partial charge in [0.1, 0.15) is 17.2 Å². The third kappa shape index (κ3) is 6.49. The van der Waals surface area contributed by atoms with Crippen LogP contribution in [0.5, 0.6) is 11.5 Å². The second-order valence-electron chi connectivity index (χ2n) is 12.2. The molecule has 3 aromatic rings. The van der Waals surface area contributed by atoms with Crippen molar-refractivity contribution in [3.8, 4) is 11.5 Å². The van der Waals surface area contributed by atoms with Gasteiger partial charge in [-0.05, 0) is 86.9 Å². The molecule has 1 unspecified atom stereocenters. The summed E-state index contributed by atoms with van der Waals surface area (Å²) in [6, 6.07) is 3.36. The lowest BCUT2D eigenvalue weighted by Crippen LogP contribution is -2.50. The minimum Gasteiger partial charge on any atom is -0.454 e. The number of imidazole rings is 1. The predicted octanol–water partition coefficient (Wildman–Crippen LogP) is 4.91. The molecule has 2 aromatic heterocycles. The normalized spacial score (nSPS) is 18.9. The molecule has 230 valence electrons. The highest BCUT2D eigenvalue weighted by atomic mass is 79.9. The zero-order chi connectivity index (χ0) is 30.3. The molecule has 1 aromatic carbocycles. The Kier molecular flexibility index (Phi) is 8.33. The van der Waals surface area contributed by atoms with Crippen molar-refractivity contribution in [3.05, 3.63) is 28.4 Å². The van der Waals surface area contributed by atoms with Crippen molar-refractivity contribution in [2.24, 2.45) is 5.92 Å². The van der Waals surface area contributed by atoms with Crippen LogP contribution in [0.2, 0.25) is 0 Å². The fourth-order valence-electron chi connectivity index (χ4n) is 5.79. The first-order chi connectivity index (χ1) is 20.6. The maximum Gasteiger partial charge on any atom is 0.410 e. The number of H-pyrrole nitrogens is 1. The first kappa shape index (κ1) is 29.8.